The summed E-state index contributed by atoms with van der Waals surface area (Å²) in [6.45, 7) is 0. The highest BCUT2D eigenvalue weighted by Crippen LogP contribution is 2.47. The smallest absolute Gasteiger partial charge is 0.164 e. The molecule has 1 aliphatic rings. The lowest BCUT2D eigenvalue weighted by atomic mass is 9.84. The maximum Gasteiger partial charge on any atom is 0.164 e. The van der Waals surface area contributed by atoms with Crippen LogP contribution in [0, 0.1) is 0 Å². The molecule has 0 aromatic heterocycles. The van der Waals surface area contributed by atoms with E-state index in [1.165, 1.54) is 13.2 Å². The summed E-state index contributed by atoms with van der Waals surface area (Å²) in [4.78, 5) is 0. The molecule has 0 saturated carbocycles. The van der Waals surface area contributed by atoms with Crippen LogP contribution in [-0.2, 0) is 12.8 Å². The largest absolute Gasteiger partial charge is 0.508 e. The van der Waals surface area contributed by atoms with Gasteiger partial charge < -0.3 is 20.1 Å². The molecule has 1 aliphatic carbocycles. The van der Waals surface area contributed by atoms with Crippen LogP contribution >= 0.6 is 0 Å². The summed E-state index contributed by atoms with van der Waals surface area (Å²) in [5, 5.41) is 29.8. The highest BCUT2D eigenvalue weighted by molar-refractivity contribution is 5.82. The quantitative estimate of drug-likeness (QED) is 0.688. The minimum atomic E-state index is 0.0778. The zero-order chi connectivity index (χ0) is 13.6. The van der Waals surface area contributed by atoms with Crippen LogP contribution in [0.1, 0.15) is 11.1 Å². The van der Waals surface area contributed by atoms with Gasteiger partial charge in [-0.25, -0.2) is 0 Å². The second-order valence-electron chi connectivity index (χ2n) is 4.64. The molecule has 4 heteroatoms. The summed E-state index contributed by atoms with van der Waals surface area (Å²) in [6.07, 6.45) is 1.30. The molecular weight excluding hydrogens is 244 g/mol. The second-order valence-corrected chi connectivity index (χ2v) is 4.64. The van der Waals surface area contributed by atoms with Crippen molar-refractivity contribution in [3.8, 4) is 34.1 Å². The van der Waals surface area contributed by atoms with Crippen LogP contribution < -0.4 is 4.74 Å². The first kappa shape index (κ1) is 11.7. The number of benzene rings is 2. The third-order valence-corrected chi connectivity index (χ3v) is 3.57. The minimum Gasteiger partial charge on any atom is -0.508 e. The average Bonchev–Trinajstić information content (AvgIpc) is 2.41. The van der Waals surface area contributed by atoms with Crippen LogP contribution in [0.2, 0.25) is 0 Å². The van der Waals surface area contributed by atoms with Crippen molar-refractivity contribution in [1.29, 1.82) is 0 Å². The Hall–Kier alpha value is -2.36. The average molecular weight is 258 g/mol. The van der Waals surface area contributed by atoms with E-state index in [1.54, 1.807) is 18.2 Å². The molecule has 98 valence electrons. The van der Waals surface area contributed by atoms with E-state index in [0.29, 0.717) is 24.0 Å². The third kappa shape index (κ3) is 1.68. The number of hydrogen-bond acceptors (Lipinski definition) is 4. The second kappa shape index (κ2) is 4.09. The Morgan fingerprint density at radius 2 is 1.84 bits per heavy atom. The molecule has 19 heavy (non-hydrogen) atoms. The minimum absolute atomic E-state index is 0.0778. The first-order valence-electron chi connectivity index (χ1n) is 6.06. The van der Waals surface area contributed by atoms with Crippen LogP contribution in [0.15, 0.2) is 24.3 Å². The molecule has 0 aliphatic heterocycles. The first-order valence-corrected chi connectivity index (χ1v) is 6.06. The van der Waals surface area contributed by atoms with Gasteiger partial charge in [0.25, 0.3) is 0 Å². The molecule has 2 aromatic carbocycles. The highest BCUT2D eigenvalue weighted by Gasteiger charge is 2.25. The topological polar surface area (TPSA) is 69.9 Å². The molecule has 0 bridgehead atoms. The molecule has 0 atom stereocenters. The fourth-order valence-corrected chi connectivity index (χ4v) is 2.68. The fourth-order valence-electron chi connectivity index (χ4n) is 2.68. The van der Waals surface area contributed by atoms with Crippen LogP contribution in [0.4, 0.5) is 0 Å². The van der Waals surface area contributed by atoms with E-state index in [9.17, 15) is 15.3 Å². The number of aromatic hydroxyl groups is 3. The Balaban J connectivity index is 2.30. The van der Waals surface area contributed by atoms with E-state index in [-0.39, 0.29) is 23.0 Å². The molecule has 0 saturated heterocycles. The Morgan fingerprint density at radius 1 is 1.05 bits per heavy atom. The van der Waals surface area contributed by atoms with Crippen molar-refractivity contribution >= 4 is 0 Å². The number of hydrogen-bond donors (Lipinski definition) is 3. The first-order chi connectivity index (χ1) is 9.11. The molecule has 0 heterocycles. The Kier molecular flexibility index (Phi) is 2.52. The standard InChI is InChI=1S/C15H14O4/c1-19-13-7-12(17)14-10-5-3-9(16)6-8(10)2-4-11(14)15(13)18/h3,5-7,16-18H,2,4H2,1H3. The summed E-state index contributed by atoms with van der Waals surface area (Å²) >= 11 is 0. The van der Waals surface area contributed by atoms with Gasteiger partial charge in [0.05, 0.1) is 7.11 Å². The van der Waals surface area contributed by atoms with E-state index >= 15 is 0 Å². The van der Waals surface area contributed by atoms with Crippen molar-refractivity contribution in [1.82, 2.24) is 0 Å². The summed E-state index contributed by atoms with van der Waals surface area (Å²) < 4.78 is 5.05. The van der Waals surface area contributed by atoms with Crippen molar-refractivity contribution in [2.45, 2.75) is 12.8 Å². The van der Waals surface area contributed by atoms with Gasteiger partial charge in [0.15, 0.2) is 11.5 Å². The van der Waals surface area contributed by atoms with Gasteiger partial charge in [0.2, 0.25) is 0 Å². The summed E-state index contributed by atoms with van der Waals surface area (Å²) in [5.74, 6) is 0.642. The van der Waals surface area contributed by atoms with Gasteiger partial charge in [-0.15, -0.1) is 0 Å². The Bertz CT molecular complexity index is 662. The molecule has 0 amide bonds. The summed E-state index contributed by atoms with van der Waals surface area (Å²) in [7, 11) is 1.45. The molecular formula is C15H14O4. The lowest BCUT2D eigenvalue weighted by molar-refractivity contribution is 0.365. The van der Waals surface area contributed by atoms with Crippen LogP contribution in [-0.4, -0.2) is 22.4 Å². The van der Waals surface area contributed by atoms with Gasteiger partial charge in [-0.05, 0) is 36.1 Å². The fraction of sp³-hybridized carbons (Fsp3) is 0.200. The molecule has 4 nitrogen and oxygen atoms in total. The maximum atomic E-state index is 10.2. The molecule has 0 unspecified atom stereocenters. The van der Waals surface area contributed by atoms with Crippen LogP contribution in [0.3, 0.4) is 0 Å². The molecule has 0 radical (unpaired) electrons. The summed E-state index contributed by atoms with van der Waals surface area (Å²) in [6, 6.07) is 6.44. The van der Waals surface area contributed by atoms with Crippen molar-refractivity contribution in [2.24, 2.45) is 0 Å². The Morgan fingerprint density at radius 3 is 2.58 bits per heavy atom. The third-order valence-electron chi connectivity index (χ3n) is 3.57. The van der Waals surface area contributed by atoms with Crippen molar-refractivity contribution in [3.05, 3.63) is 35.4 Å². The van der Waals surface area contributed by atoms with Gasteiger partial charge in [0.1, 0.15) is 11.5 Å². The normalized spacial score (nSPS) is 12.7. The zero-order valence-corrected chi connectivity index (χ0v) is 10.5. The molecule has 0 fully saturated rings. The molecule has 3 rings (SSSR count). The monoisotopic (exact) mass is 258 g/mol. The number of phenols is 3. The maximum absolute atomic E-state index is 10.2. The number of ether oxygens (including phenoxy) is 1. The number of aryl methyl sites for hydroxylation is 1. The van der Waals surface area contributed by atoms with Crippen molar-refractivity contribution in [3.63, 3.8) is 0 Å². The van der Waals surface area contributed by atoms with E-state index in [4.69, 9.17) is 4.74 Å². The Labute approximate surface area is 110 Å². The van der Waals surface area contributed by atoms with Crippen molar-refractivity contribution < 1.29 is 20.1 Å². The predicted molar refractivity (Wildman–Crippen MR) is 70.8 cm³/mol. The zero-order valence-electron chi connectivity index (χ0n) is 10.5. The SMILES string of the molecule is COc1cc(O)c2c(c1O)CCc1cc(O)ccc1-2. The van der Waals surface area contributed by atoms with Gasteiger partial charge in [-0.1, -0.05) is 6.07 Å². The van der Waals surface area contributed by atoms with E-state index in [1.807, 2.05) is 0 Å². The van der Waals surface area contributed by atoms with Gasteiger partial charge in [-0.3, -0.25) is 0 Å². The van der Waals surface area contributed by atoms with Gasteiger partial charge >= 0.3 is 0 Å². The number of methoxy groups -OCH3 is 1. The summed E-state index contributed by atoms with van der Waals surface area (Å²) in [5.41, 5.74) is 3.12. The molecule has 2 aromatic rings. The van der Waals surface area contributed by atoms with Gasteiger partial charge in [0, 0.05) is 17.2 Å². The van der Waals surface area contributed by atoms with Crippen molar-refractivity contribution in [2.75, 3.05) is 7.11 Å². The number of rotatable bonds is 1. The number of fused-ring (bicyclic) bond motifs is 3. The molecule has 3 N–H and O–H groups in total. The lowest BCUT2D eigenvalue weighted by Crippen LogP contribution is -2.05. The number of phenolic OH excluding ortho intramolecular Hbond substituents is 3. The van der Waals surface area contributed by atoms with E-state index in [0.717, 1.165) is 11.1 Å². The van der Waals surface area contributed by atoms with Gasteiger partial charge in [-0.2, -0.15) is 0 Å². The van der Waals surface area contributed by atoms with Crippen LogP contribution in [0.5, 0.6) is 23.0 Å². The highest BCUT2D eigenvalue weighted by atomic mass is 16.5. The van der Waals surface area contributed by atoms with E-state index in [2.05, 4.69) is 0 Å². The van der Waals surface area contributed by atoms with E-state index < -0.39 is 0 Å². The molecule has 0 spiro atoms. The van der Waals surface area contributed by atoms with Crippen LogP contribution in [0.25, 0.3) is 11.1 Å². The predicted octanol–water partition coefficient (Wildman–Crippen LogP) is 2.58. The lowest BCUT2D eigenvalue weighted by Gasteiger charge is -2.23.